The van der Waals surface area contributed by atoms with Crippen LogP contribution in [0.15, 0.2) is 48.5 Å². The molecule has 1 aromatic heterocycles. The van der Waals surface area contributed by atoms with E-state index in [1.165, 1.54) is 10.4 Å². The van der Waals surface area contributed by atoms with Crippen molar-refractivity contribution in [1.82, 2.24) is 4.90 Å². The Morgan fingerprint density at radius 1 is 1.10 bits per heavy atom. The van der Waals surface area contributed by atoms with E-state index < -0.39 is 0 Å². The zero-order valence-electron chi connectivity index (χ0n) is 11.7. The van der Waals surface area contributed by atoms with Crippen LogP contribution < -0.4 is 0 Å². The maximum absolute atomic E-state index is 12.0. The minimum Gasteiger partial charge on any atom is -0.378 e. The van der Waals surface area contributed by atoms with Crippen molar-refractivity contribution in [2.24, 2.45) is 0 Å². The Kier molecular flexibility index (Phi) is 4.48. The lowest BCUT2D eigenvalue weighted by Crippen LogP contribution is -2.39. The lowest BCUT2D eigenvalue weighted by atomic mass is 10.2. The van der Waals surface area contributed by atoms with Crippen molar-refractivity contribution in [2.75, 3.05) is 26.3 Å². The van der Waals surface area contributed by atoms with Gasteiger partial charge in [-0.3, -0.25) is 4.79 Å². The number of hydrogen-bond donors (Lipinski definition) is 0. The van der Waals surface area contributed by atoms with Gasteiger partial charge in [-0.25, -0.2) is 0 Å². The third kappa shape index (κ3) is 3.60. The summed E-state index contributed by atoms with van der Waals surface area (Å²) < 4.78 is 5.25. The van der Waals surface area contributed by atoms with Gasteiger partial charge in [0, 0.05) is 28.9 Å². The third-order valence-electron chi connectivity index (χ3n) is 3.40. The van der Waals surface area contributed by atoms with Crippen LogP contribution in [0.25, 0.3) is 16.5 Å². The Morgan fingerprint density at radius 2 is 1.86 bits per heavy atom. The molecule has 1 fully saturated rings. The van der Waals surface area contributed by atoms with Crippen molar-refractivity contribution in [3.8, 4) is 10.4 Å². The minimum absolute atomic E-state index is 0.0629. The number of thiophene rings is 1. The van der Waals surface area contributed by atoms with Crippen LogP contribution in [0, 0.1) is 0 Å². The summed E-state index contributed by atoms with van der Waals surface area (Å²) in [5, 5.41) is 0. The summed E-state index contributed by atoms with van der Waals surface area (Å²) in [5.41, 5.74) is 1.21. The number of morpholine rings is 1. The first-order valence-corrected chi connectivity index (χ1v) is 7.84. The molecule has 3 rings (SSSR count). The van der Waals surface area contributed by atoms with Crippen LogP contribution >= 0.6 is 11.3 Å². The molecule has 0 atom stereocenters. The Bertz CT molecular complexity index is 627. The molecular weight excluding hydrogens is 282 g/mol. The van der Waals surface area contributed by atoms with Crippen LogP contribution in [0.4, 0.5) is 0 Å². The van der Waals surface area contributed by atoms with Crippen molar-refractivity contribution < 1.29 is 9.53 Å². The van der Waals surface area contributed by atoms with Crippen LogP contribution in [0.5, 0.6) is 0 Å². The SMILES string of the molecule is O=C(/C=C/c1ccc(-c2ccccc2)s1)N1CCOCC1. The molecule has 0 unspecified atom stereocenters. The van der Waals surface area contributed by atoms with Crippen molar-refractivity contribution in [3.63, 3.8) is 0 Å². The molecule has 3 nitrogen and oxygen atoms in total. The van der Waals surface area contributed by atoms with E-state index in [9.17, 15) is 4.79 Å². The molecule has 0 aliphatic carbocycles. The average Bonchev–Trinajstić information content (AvgIpc) is 3.03. The van der Waals surface area contributed by atoms with Crippen molar-refractivity contribution in [2.45, 2.75) is 0 Å². The van der Waals surface area contributed by atoms with E-state index in [2.05, 4.69) is 24.3 Å². The molecular formula is C17H17NO2S. The lowest BCUT2D eigenvalue weighted by Gasteiger charge is -2.25. The van der Waals surface area contributed by atoms with Gasteiger partial charge in [0.05, 0.1) is 13.2 Å². The number of ether oxygens (including phenoxy) is 1. The second-order valence-electron chi connectivity index (χ2n) is 4.84. The highest BCUT2D eigenvalue weighted by Gasteiger charge is 2.14. The fraction of sp³-hybridized carbons (Fsp3) is 0.235. The Hall–Kier alpha value is -1.91. The van der Waals surface area contributed by atoms with Crippen LogP contribution in [0.1, 0.15) is 4.88 Å². The van der Waals surface area contributed by atoms with Gasteiger partial charge in [-0.2, -0.15) is 0 Å². The maximum atomic E-state index is 12.0. The van der Waals surface area contributed by atoms with Gasteiger partial charge >= 0.3 is 0 Å². The fourth-order valence-corrected chi connectivity index (χ4v) is 3.16. The summed E-state index contributed by atoms with van der Waals surface area (Å²) >= 11 is 1.69. The molecule has 1 aliphatic rings. The van der Waals surface area contributed by atoms with E-state index in [0.29, 0.717) is 26.3 Å². The van der Waals surface area contributed by atoms with Gasteiger partial charge in [0.2, 0.25) is 5.91 Å². The van der Waals surface area contributed by atoms with E-state index in [-0.39, 0.29) is 5.91 Å². The van der Waals surface area contributed by atoms with Crippen molar-refractivity contribution in [1.29, 1.82) is 0 Å². The van der Waals surface area contributed by atoms with E-state index in [1.54, 1.807) is 17.4 Å². The monoisotopic (exact) mass is 299 g/mol. The molecule has 2 aromatic rings. The Morgan fingerprint density at radius 3 is 2.62 bits per heavy atom. The maximum Gasteiger partial charge on any atom is 0.246 e. The summed E-state index contributed by atoms with van der Waals surface area (Å²) in [7, 11) is 0. The van der Waals surface area contributed by atoms with Crippen LogP contribution in [0.3, 0.4) is 0 Å². The molecule has 0 N–H and O–H groups in total. The highest BCUT2D eigenvalue weighted by Crippen LogP contribution is 2.28. The van der Waals surface area contributed by atoms with E-state index in [4.69, 9.17) is 4.74 Å². The standard InChI is InChI=1S/C17H17NO2S/c19-17(18-10-12-20-13-11-18)9-7-15-6-8-16(21-15)14-4-2-1-3-5-14/h1-9H,10-13H2/b9-7+. The first-order chi connectivity index (χ1) is 10.3. The zero-order valence-corrected chi connectivity index (χ0v) is 12.5. The van der Waals surface area contributed by atoms with Crippen molar-refractivity contribution >= 4 is 23.3 Å². The fourth-order valence-electron chi connectivity index (χ4n) is 2.24. The quantitative estimate of drug-likeness (QED) is 0.814. The van der Waals surface area contributed by atoms with Crippen LogP contribution in [-0.2, 0) is 9.53 Å². The van der Waals surface area contributed by atoms with Crippen LogP contribution in [0.2, 0.25) is 0 Å². The molecule has 1 aliphatic heterocycles. The molecule has 0 saturated carbocycles. The minimum atomic E-state index is 0.0629. The second kappa shape index (κ2) is 6.70. The highest BCUT2D eigenvalue weighted by atomic mass is 32.1. The molecule has 21 heavy (non-hydrogen) atoms. The summed E-state index contributed by atoms with van der Waals surface area (Å²) in [5.74, 6) is 0.0629. The summed E-state index contributed by atoms with van der Waals surface area (Å²) in [6, 6.07) is 14.4. The van der Waals surface area contributed by atoms with E-state index in [1.807, 2.05) is 29.2 Å². The van der Waals surface area contributed by atoms with E-state index in [0.717, 1.165) is 4.88 Å². The third-order valence-corrected chi connectivity index (χ3v) is 4.50. The number of nitrogens with zero attached hydrogens (tertiary/aromatic N) is 1. The number of carbonyl (C=O) groups is 1. The molecule has 2 heterocycles. The van der Waals surface area contributed by atoms with E-state index >= 15 is 0 Å². The summed E-state index contributed by atoms with van der Waals surface area (Å²) in [6.45, 7) is 2.64. The number of carbonyl (C=O) groups excluding carboxylic acids is 1. The topological polar surface area (TPSA) is 29.5 Å². The Labute approximate surface area is 128 Å². The summed E-state index contributed by atoms with van der Waals surface area (Å²) in [4.78, 5) is 16.2. The number of benzene rings is 1. The summed E-state index contributed by atoms with van der Waals surface area (Å²) in [6.07, 6.45) is 3.56. The number of amides is 1. The van der Waals surface area contributed by atoms with Gasteiger partial charge < -0.3 is 9.64 Å². The largest absolute Gasteiger partial charge is 0.378 e. The van der Waals surface area contributed by atoms with Gasteiger partial charge in [0.1, 0.15) is 0 Å². The molecule has 1 saturated heterocycles. The first kappa shape index (κ1) is 14.0. The average molecular weight is 299 g/mol. The van der Waals surface area contributed by atoms with Crippen molar-refractivity contribution in [3.05, 3.63) is 53.4 Å². The molecule has 0 radical (unpaired) electrons. The molecule has 4 heteroatoms. The van der Waals surface area contributed by atoms with Gasteiger partial charge in [0.25, 0.3) is 0 Å². The van der Waals surface area contributed by atoms with Gasteiger partial charge in [0.15, 0.2) is 0 Å². The molecule has 0 spiro atoms. The number of rotatable bonds is 3. The lowest BCUT2D eigenvalue weighted by molar-refractivity contribution is -0.129. The predicted octanol–water partition coefficient (Wildman–Crippen LogP) is 3.29. The first-order valence-electron chi connectivity index (χ1n) is 7.03. The van der Waals surface area contributed by atoms with Gasteiger partial charge in [-0.1, -0.05) is 30.3 Å². The Balaban J connectivity index is 1.66. The molecule has 108 valence electrons. The van der Waals surface area contributed by atoms with Crippen LogP contribution in [-0.4, -0.2) is 37.1 Å². The normalized spacial score (nSPS) is 15.5. The second-order valence-corrected chi connectivity index (χ2v) is 5.95. The van der Waals surface area contributed by atoms with Gasteiger partial charge in [-0.05, 0) is 23.8 Å². The van der Waals surface area contributed by atoms with Gasteiger partial charge in [-0.15, -0.1) is 11.3 Å². The smallest absolute Gasteiger partial charge is 0.246 e. The molecule has 1 aromatic carbocycles. The zero-order chi connectivity index (χ0) is 14.5. The molecule has 0 bridgehead atoms. The predicted molar refractivity (Wildman–Crippen MR) is 86.2 cm³/mol. The highest BCUT2D eigenvalue weighted by molar-refractivity contribution is 7.16. The molecule has 1 amide bonds. The number of hydrogen-bond acceptors (Lipinski definition) is 3.